The maximum Gasteiger partial charge on any atom is 0.261 e. The molecule has 9 nitrogen and oxygen atoms in total. The van der Waals surface area contributed by atoms with E-state index in [1.165, 1.54) is 16.2 Å². The summed E-state index contributed by atoms with van der Waals surface area (Å²) in [6, 6.07) is 13.8. The average molecular weight is 510 g/mol. The Labute approximate surface area is 209 Å². The second kappa shape index (κ2) is 9.55. The van der Waals surface area contributed by atoms with Crippen molar-refractivity contribution in [3.05, 3.63) is 69.7 Å². The fraction of sp³-hybridized carbons (Fsp3) is 0.250. The lowest BCUT2D eigenvalue weighted by molar-refractivity contribution is -0.117. The molecule has 3 heterocycles. The number of halogens is 1. The third-order valence-electron chi connectivity index (χ3n) is 5.96. The summed E-state index contributed by atoms with van der Waals surface area (Å²) >= 11 is 7.17. The van der Waals surface area contributed by atoms with Crippen LogP contribution in [0.25, 0.3) is 0 Å². The minimum atomic E-state index is -0.335. The van der Waals surface area contributed by atoms with E-state index < -0.39 is 0 Å². The molecule has 178 valence electrons. The molecule has 1 aromatic heterocycles. The first kappa shape index (κ1) is 23.1. The molecular weight excluding hydrogens is 490 g/mol. The highest BCUT2D eigenvalue weighted by Gasteiger charge is 2.35. The standard InChI is InChI=1S/C24H20ClN5O4S/c25-15-7-9-16(10-8-15)30-13-14(12-20(30)32)21-27-28-24(35-21)26-19(31)6-3-11-29-22(33)17-4-1-2-5-18(17)23(29)34/h1-2,4-5,7-10,14H,3,6,11-13H2,(H,26,28,31). The maximum atomic E-state index is 12.5. The number of carbonyl (C=O) groups excluding carboxylic acids is 4. The van der Waals surface area contributed by atoms with Crippen LogP contribution in [0.5, 0.6) is 0 Å². The summed E-state index contributed by atoms with van der Waals surface area (Å²) in [5, 5.41) is 12.6. The molecule has 0 aliphatic carbocycles. The highest BCUT2D eigenvalue weighted by molar-refractivity contribution is 7.15. The van der Waals surface area contributed by atoms with E-state index in [-0.39, 0.29) is 42.5 Å². The van der Waals surface area contributed by atoms with Crippen molar-refractivity contribution >= 4 is 57.4 Å². The van der Waals surface area contributed by atoms with E-state index in [1.54, 1.807) is 53.4 Å². The van der Waals surface area contributed by atoms with Crippen molar-refractivity contribution in [1.29, 1.82) is 0 Å². The molecule has 1 N–H and O–H groups in total. The summed E-state index contributed by atoms with van der Waals surface area (Å²) in [5.41, 5.74) is 1.56. The molecule has 35 heavy (non-hydrogen) atoms. The highest BCUT2D eigenvalue weighted by atomic mass is 35.5. The van der Waals surface area contributed by atoms with Gasteiger partial charge in [0.25, 0.3) is 11.8 Å². The van der Waals surface area contributed by atoms with Gasteiger partial charge >= 0.3 is 0 Å². The second-order valence-electron chi connectivity index (χ2n) is 8.29. The summed E-state index contributed by atoms with van der Waals surface area (Å²) in [4.78, 5) is 52.6. The number of rotatable bonds is 7. The maximum absolute atomic E-state index is 12.5. The highest BCUT2D eigenvalue weighted by Crippen LogP contribution is 2.34. The quantitative estimate of drug-likeness (QED) is 0.486. The van der Waals surface area contributed by atoms with Gasteiger partial charge in [0.1, 0.15) is 5.01 Å². The van der Waals surface area contributed by atoms with Crippen molar-refractivity contribution < 1.29 is 19.2 Å². The number of fused-ring (bicyclic) bond motifs is 1. The Morgan fingerprint density at radius 3 is 2.40 bits per heavy atom. The number of nitrogens with one attached hydrogen (secondary N) is 1. The number of carbonyl (C=O) groups is 4. The molecule has 11 heteroatoms. The molecule has 1 unspecified atom stereocenters. The number of imide groups is 1. The van der Waals surface area contributed by atoms with Crippen LogP contribution in [0, 0.1) is 0 Å². The van der Waals surface area contributed by atoms with Gasteiger partial charge in [0.05, 0.1) is 11.1 Å². The first-order valence-corrected chi connectivity index (χ1v) is 12.2. The molecule has 1 atom stereocenters. The first-order chi connectivity index (χ1) is 16.9. The predicted molar refractivity (Wildman–Crippen MR) is 131 cm³/mol. The van der Waals surface area contributed by atoms with Crippen molar-refractivity contribution in [2.75, 3.05) is 23.3 Å². The van der Waals surface area contributed by atoms with Crippen molar-refractivity contribution in [2.45, 2.75) is 25.2 Å². The van der Waals surface area contributed by atoms with Gasteiger partial charge in [-0.05, 0) is 42.8 Å². The van der Waals surface area contributed by atoms with Gasteiger partial charge in [0, 0.05) is 42.6 Å². The molecule has 0 bridgehead atoms. The van der Waals surface area contributed by atoms with Gasteiger partial charge in [-0.15, -0.1) is 10.2 Å². The molecule has 2 aromatic carbocycles. The normalized spacial score (nSPS) is 17.3. The van der Waals surface area contributed by atoms with E-state index in [0.29, 0.717) is 45.7 Å². The minimum absolute atomic E-state index is 0.00809. The summed E-state index contributed by atoms with van der Waals surface area (Å²) in [7, 11) is 0. The molecule has 1 fully saturated rings. The zero-order valence-corrected chi connectivity index (χ0v) is 20.0. The Morgan fingerprint density at radius 1 is 1.03 bits per heavy atom. The van der Waals surface area contributed by atoms with Crippen LogP contribution in [0.4, 0.5) is 10.8 Å². The molecule has 0 radical (unpaired) electrons. The van der Waals surface area contributed by atoms with Crippen molar-refractivity contribution in [3.63, 3.8) is 0 Å². The van der Waals surface area contributed by atoms with Gasteiger partial charge < -0.3 is 10.2 Å². The summed E-state index contributed by atoms with van der Waals surface area (Å²) in [5.74, 6) is -1.08. The monoisotopic (exact) mass is 509 g/mol. The Balaban J connectivity index is 1.12. The van der Waals surface area contributed by atoms with Gasteiger partial charge in [-0.1, -0.05) is 35.1 Å². The minimum Gasteiger partial charge on any atom is -0.312 e. The molecule has 4 amide bonds. The molecule has 5 rings (SSSR count). The van der Waals surface area contributed by atoms with Crippen LogP contribution in [0.1, 0.15) is 50.9 Å². The number of aromatic nitrogens is 2. The largest absolute Gasteiger partial charge is 0.312 e. The van der Waals surface area contributed by atoms with Crippen LogP contribution >= 0.6 is 22.9 Å². The number of hydrogen-bond acceptors (Lipinski definition) is 7. The van der Waals surface area contributed by atoms with Gasteiger partial charge in [0.2, 0.25) is 16.9 Å². The van der Waals surface area contributed by atoms with Crippen LogP contribution in [0.15, 0.2) is 48.5 Å². The van der Waals surface area contributed by atoms with Crippen LogP contribution in [0.2, 0.25) is 5.02 Å². The van der Waals surface area contributed by atoms with Crippen molar-refractivity contribution in [2.24, 2.45) is 0 Å². The lowest BCUT2D eigenvalue weighted by atomic mass is 10.1. The lowest BCUT2D eigenvalue weighted by Crippen LogP contribution is -2.31. The lowest BCUT2D eigenvalue weighted by Gasteiger charge is -2.16. The molecule has 2 aliphatic heterocycles. The molecule has 1 saturated heterocycles. The van der Waals surface area contributed by atoms with Crippen LogP contribution in [-0.2, 0) is 9.59 Å². The Morgan fingerprint density at radius 2 is 1.71 bits per heavy atom. The number of anilines is 2. The Kier molecular flexibility index (Phi) is 6.31. The number of nitrogens with zero attached hydrogens (tertiary/aromatic N) is 4. The number of amides is 4. The Hall–Kier alpha value is -3.63. The average Bonchev–Trinajstić information content (AvgIpc) is 3.53. The topological polar surface area (TPSA) is 113 Å². The zero-order chi connectivity index (χ0) is 24.5. The van der Waals surface area contributed by atoms with Crippen LogP contribution in [0.3, 0.4) is 0 Å². The SMILES string of the molecule is O=C(CCCN1C(=O)c2ccccc2C1=O)Nc1nnc(C2CC(=O)N(c3ccc(Cl)cc3)C2)s1. The molecular formula is C24H20ClN5O4S. The van der Waals surface area contributed by atoms with E-state index >= 15 is 0 Å². The van der Waals surface area contributed by atoms with Gasteiger partial charge in [-0.3, -0.25) is 24.1 Å². The van der Waals surface area contributed by atoms with Gasteiger partial charge in [-0.25, -0.2) is 0 Å². The third-order valence-corrected chi connectivity index (χ3v) is 7.22. The fourth-order valence-corrected chi connectivity index (χ4v) is 5.19. The molecule has 2 aliphatic rings. The number of benzene rings is 2. The fourth-order valence-electron chi connectivity index (χ4n) is 4.22. The van der Waals surface area contributed by atoms with Crippen molar-refractivity contribution in [3.8, 4) is 0 Å². The predicted octanol–water partition coefficient (Wildman–Crippen LogP) is 3.73. The summed E-state index contributed by atoms with van der Waals surface area (Å²) < 4.78 is 0. The van der Waals surface area contributed by atoms with Gasteiger partial charge in [-0.2, -0.15) is 0 Å². The molecule has 0 saturated carbocycles. The third kappa shape index (κ3) is 4.67. The molecule has 3 aromatic rings. The van der Waals surface area contributed by atoms with Crippen LogP contribution in [-0.4, -0.2) is 51.8 Å². The van der Waals surface area contributed by atoms with Crippen molar-refractivity contribution in [1.82, 2.24) is 15.1 Å². The smallest absolute Gasteiger partial charge is 0.261 e. The van der Waals surface area contributed by atoms with E-state index in [4.69, 9.17) is 11.6 Å². The summed E-state index contributed by atoms with van der Waals surface area (Å²) in [6.07, 6.45) is 0.760. The van der Waals surface area contributed by atoms with E-state index in [0.717, 1.165) is 5.69 Å². The number of hydrogen-bond donors (Lipinski definition) is 1. The van der Waals surface area contributed by atoms with E-state index in [2.05, 4.69) is 15.5 Å². The summed E-state index contributed by atoms with van der Waals surface area (Å²) in [6.45, 7) is 0.634. The second-order valence-corrected chi connectivity index (χ2v) is 9.73. The van der Waals surface area contributed by atoms with Gasteiger partial charge in [0.15, 0.2) is 0 Å². The first-order valence-electron chi connectivity index (χ1n) is 11.0. The Bertz CT molecular complexity index is 1290. The van der Waals surface area contributed by atoms with E-state index in [1.807, 2.05) is 0 Å². The van der Waals surface area contributed by atoms with E-state index in [9.17, 15) is 19.2 Å². The zero-order valence-electron chi connectivity index (χ0n) is 18.4. The molecule has 0 spiro atoms. The van der Waals surface area contributed by atoms with Crippen LogP contribution < -0.4 is 10.2 Å².